The number of aliphatic hydroxyl groups excluding tert-OH is 1. The molecule has 9 heteroatoms. The summed E-state index contributed by atoms with van der Waals surface area (Å²) >= 11 is 5.88. The lowest BCUT2D eigenvalue weighted by Gasteiger charge is -2.34. The van der Waals surface area contributed by atoms with Gasteiger partial charge in [0.15, 0.2) is 0 Å². The summed E-state index contributed by atoms with van der Waals surface area (Å²) in [6, 6.07) is 0. The van der Waals surface area contributed by atoms with Crippen LogP contribution in [0.2, 0.25) is 5.02 Å². The van der Waals surface area contributed by atoms with Crippen molar-refractivity contribution in [2.45, 2.75) is 31.3 Å². The molecule has 2 amide bonds. The highest BCUT2D eigenvalue weighted by Crippen LogP contribution is 2.32. The van der Waals surface area contributed by atoms with Gasteiger partial charge in [-0.2, -0.15) is 0 Å². The number of halogens is 1. The van der Waals surface area contributed by atoms with Crippen molar-refractivity contribution >= 4 is 23.6 Å². The normalized spacial score (nSPS) is 25.5. The van der Waals surface area contributed by atoms with Gasteiger partial charge in [0, 0.05) is 24.6 Å². The van der Waals surface area contributed by atoms with Gasteiger partial charge in [-0.1, -0.05) is 11.6 Å². The average Bonchev–Trinajstić information content (AvgIpc) is 3.01. The van der Waals surface area contributed by atoms with E-state index < -0.39 is 18.1 Å². The predicted molar refractivity (Wildman–Crippen MR) is 87.4 cm³/mol. The Hall–Kier alpha value is -2.06. The molecule has 136 valence electrons. The molecule has 1 aliphatic carbocycles. The molecule has 4 N–H and O–H groups in total. The molecule has 3 atom stereocenters. The third kappa shape index (κ3) is 3.50. The molecule has 0 saturated carbocycles. The SMILES string of the molecule is N=c1c(Cl)coc2c1CCC2C(=O)NCC1CCN(C(=O)O)CC1O. The highest BCUT2D eigenvalue weighted by atomic mass is 35.5. The summed E-state index contributed by atoms with van der Waals surface area (Å²) in [7, 11) is 0. The maximum atomic E-state index is 12.5. The Morgan fingerprint density at radius 1 is 1.44 bits per heavy atom. The van der Waals surface area contributed by atoms with Crippen LogP contribution in [0.4, 0.5) is 4.79 Å². The number of aliphatic hydroxyl groups is 1. The highest BCUT2D eigenvalue weighted by Gasteiger charge is 2.34. The highest BCUT2D eigenvalue weighted by molar-refractivity contribution is 6.30. The fraction of sp³-hybridized carbons (Fsp3) is 0.562. The molecule has 1 aromatic rings. The molecule has 1 aromatic heterocycles. The van der Waals surface area contributed by atoms with E-state index in [2.05, 4.69) is 5.32 Å². The van der Waals surface area contributed by atoms with Gasteiger partial charge in [-0.15, -0.1) is 0 Å². The first kappa shape index (κ1) is 17.8. The number of nitrogens with zero attached hydrogens (tertiary/aromatic N) is 1. The molecule has 1 fully saturated rings. The molecular weight excluding hydrogens is 350 g/mol. The Balaban J connectivity index is 1.59. The van der Waals surface area contributed by atoms with Crippen molar-refractivity contribution in [2.24, 2.45) is 5.92 Å². The van der Waals surface area contributed by atoms with E-state index >= 15 is 0 Å². The van der Waals surface area contributed by atoms with Crippen molar-refractivity contribution in [1.29, 1.82) is 5.41 Å². The van der Waals surface area contributed by atoms with Crippen LogP contribution < -0.4 is 10.7 Å². The van der Waals surface area contributed by atoms with Gasteiger partial charge >= 0.3 is 6.09 Å². The van der Waals surface area contributed by atoms with Crippen LogP contribution >= 0.6 is 11.6 Å². The number of carbonyl (C=O) groups is 2. The van der Waals surface area contributed by atoms with Gasteiger partial charge in [-0.3, -0.25) is 10.2 Å². The number of β-amino-alcohol motifs (C(OH)–C–C–N with tert-alkyl or cyclic N) is 1. The van der Waals surface area contributed by atoms with E-state index in [0.717, 1.165) is 0 Å². The minimum Gasteiger partial charge on any atom is -0.467 e. The number of piperidine rings is 1. The minimum absolute atomic E-state index is 0.0537. The van der Waals surface area contributed by atoms with E-state index in [-0.39, 0.29) is 35.3 Å². The second-order valence-corrected chi connectivity index (χ2v) is 6.89. The maximum absolute atomic E-state index is 12.5. The van der Waals surface area contributed by atoms with Crippen LogP contribution in [0.25, 0.3) is 0 Å². The van der Waals surface area contributed by atoms with E-state index in [1.54, 1.807) is 0 Å². The zero-order valence-corrected chi connectivity index (χ0v) is 14.3. The summed E-state index contributed by atoms with van der Waals surface area (Å²) in [5, 5.41) is 30.2. The molecule has 3 unspecified atom stereocenters. The molecule has 8 nitrogen and oxygen atoms in total. The van der Waals surface area contributed by atoms with Crippen LogP contribution in [0.15, 0.2) is 10.7 Å². The first-order chi connectivity index (χ1) is 11.9. The Morgan fingerprint density at radius 3 is 2.88 bits per heavy atom. The average molecular weight is 370 g/mol. The summed E-state index contributed by atoms with van der Waals surface area (Å²) in [6.45, 7) is 0.675. The monoisotopic (exact) mass is 369 g/mol. The van der Waals surface area contributed by atoms with Crippen molar-refractivity contribution in [3.63, 3.8) is 0 Å². The number of nitrogens with one attached hydrogen (secondary N) is 2. The lowest BCUT2D eigenvalue weighted by Crippen LogP contribution is -2.49. The van der Waals surface area contributed by atoms with Crippen molar-refractivity contribution in [3.05, 3.63) is 28.0 Å². The molecule has 2 aliphatic rings. The van der Waals surface area contributed by atoms with Crippen LogP contribution in [-0.4, -0.2) is 52.9 Å². The first-order valence-electron chi connectivity index (χ1n) is 8.16. The van der Waals surface area contributed by atoms with E-state index in [0.29, 0.717) is 37.1 Å². The topological polar surface area (TPSA) is 127 Å². The van der Waals surface area contributed by atoms with Gasteiger partial charge in [0.1, 0.15) is 17.0 Å². The van der Waals surface area contributed by atoms with E-state index in [9.17, 15) is 14.7 Å². The zero-order valence-electron chi connectivity index (χ0n) is 13.5. The Bertz CT molecular complexity index is 750. The second-order valence-electron chi connectivity index (χ2n) is 6.48. The number of likely N-dealkylation sites (tertiary alicyclic amines) is 1. The van der Waals surface area contributed by atoms with Gasteiger partial charge in [0.2, 0.25) is 5.91 Å². The summed E-state index contributed by atoms with van der Waals surface area (Å²) in [6.07, 6.45) is 1.04. The Morgan fingerprint density at radius 2 is 2.20 bits per heavy atom. The Labute approximate surface area is 148 Å². The van der Waals surface area contributed by atoms with Crippen molar-refractivity contribution in [3.8, 4) is 0 Å². The Kier molecular flexibility index (Phi) is 5.01. The van der Waals surface area contributed by atoms with Crippen LogP contribution in [0.5, 0.6) is 0 Å². The molecule has 3 rings (SSSR count). The zero-order chi connectivity index (χ0) is 18.1. The molecule has 0 radical (unpaired) electrons. The van der Waals surface area contributed by atoms with Gasteiger partial charge in [-0.25, -0.2) is 4.79 Å². The molecular formula is C16H20ClN3O5. The quantitative estimate of drug-likeness (QED) is 0.630. The van der Waals surface area contributed by atoms with Crippen LogP contribution in [0.3, 0.4) is 0 Å². The van der Waals surface area contributed by atoms with Gasteiger partial charge in [-0.05, 0) is 19.3 Å². The van der Waals surface area contributed by atoms with Crippen LogP contribution in [0.1, 0.15) is 30.1 Å². The fourth-order valence-electron chi connectivity index (χ4n) is 3.47. The summed E-state index contributed by atoms with van der Waals surface area (Å²) in [4.78, 5) is 24.6. The number of rotatable bonds is 3. The lowest BCUT2D eigenvalue weighted by molar-refractivity contribution is -0.123. The maximum Gasteiger partial charge on any atom is 0.407 e. The van der Waals surface area contributed by atoms with Gasteiger partial charge in [0.25, 0.3) is 0 Å². The molecule has 0 bridgehead atoms. The van der Waals surface area contributed by atoms with E-state index in [1.807, 2.05) is 0 Å². The van der Waals surface area contributed by atoms with Crippen LogP contribution in [-0.2, 0) is 11.2 Å². The van der Waals surface area contributed by atoms with E-state index in [1.165, 1.54) is 11.2 Å². The number of hydrogen-bond acceptors (Lipinski definition) is 5. The van der Waals surface area contributed by atoms with Gasteiger partial charge < -0.3 is 24.8 Å². The third-order valence-electron chi connectivity index (χ3n) is 4.97. The summed E-state index contributed by atoms with van der Waals surface area (Å²) in [5.74, 6) is -0.382. The van der Waals surface area contributed by atoms with E-state index in [4.69, 9.17) is 26.5 Å². The summed E-state index contributed by atoms with van der Waals surface area (Å²) in [5.41, 5.74) is 0.669. The predicted octanol–water partition coefficient (Wildman–Crippen LogP) is 0.919. The molecule has 1 aliphatic heterocycles. The first-order valence-corrected chi connectivity index (χ1v) is 8.54. The van der Waals surface area contributed by atoms with Crippen molar-refractivity contribution in [1.82, 2.24) is 10.2 Å². The van der Waals surface area contributed by atoms with Crippen molar-refractivity contribution < 1.29 is 24.2 Å². The molecule has 1 saturated heterocycles. The third-order valence-corrected chi connectivity index (χ3v) is 5.25. The second kappa shape index (κ2) is 7.05. The largest absolute Gasteiger partial charge is 0.467 e. The molecule has 0 spiro atoms. The van der Waals surface area contributed by atoms with Crippen molar-refractivity contribution in [2.75, 3.05) is 19.6 Å². The molecule has 2 heterocycles. The minimum atomic E-state index is -1.05. The number of fused-ring (bicyclic) bond motifs is 1. The number of carboxylic acid groups (broad SMARTS) is 1. The summed E-state index contributed by atoms with van der Waals surface area (Å²) < 4.78 is 5.43. The number of amides is 2. The lowest BCUT2D eigenvalue weighted by atomic mass is 9.93. The standard InChI is InChI=1S/C16H20ClN3O5/c17-11-7-25-14-9(13(11)18)1-2-10(14)15(22)19-5-8-3-4-20(16(23)24)6-12(8)21/h7-8,10,12,18,21H,1-6H2,(H,19,22)(H,23,24). The molecule has 0 aromatic carbocycles. The number of hydrogen-bond donors (Lipinski definition) is 4. The smallest absolute Gasteiger partial charge is 0.407 e. The van der Waals surface area contributed by atoms with Crippen LogP contribution in [0, 0.1) is 11.3 Å². The fourth-order valence-corrected chi connectivity index (χ4v) is 3.63. The number of carbonyl (C=O) groups excluding carboxylic acids is 1. The van der Waals surface area contributed by atoms with Gasteiger partial charge in [0.05, 0.1) is 23.9 Å². The molecule has 25 heavy (non-hydrogen) atoms.